The number of hydrogen-bond donors (Lipinski definition) is 0. The molecule has 0 atom stereocenters. The van der Waals surface area contributed by atoms with Gasteiger partial charge in [0.15, 0.2) is 5.16 Å². The molecule has 0 spiro atoms. The van der Waals surface area contributed by atoms with Crippen LogP contribution >= 0.6 is 23.4 Å². The van der Waals surface area contributed by atoms with E-state index in [-0.39, 0.29) is 0 Å². The fourth-order valence-electron chi connectivity index (χ4n) is 3.41. The molecule has 1 aromatic carbocycles. The Labute approximate surface area is 174 Å². The van der Waals surface area contributed by atoms with E-state index in [0.29, 0.717) is 10.9 Å². The number of rotatable bonds is 5. The van der Waals surface area contributed by atoms with Crippen LogP contribution in [0.15, 0.2) is 23.4 Å². The lowest BCUT2D eigenvalue weighted by Crippen LogP contribution is -2.38. The second-order valence-corrected chi connectivity index (χ2v) is 8.23. The summed E-state index contributed by atoms with van der Waals surface area (Å²) in [6, 6.07) is 6.38. The molecule has 1 saturated heterocycles. The molecule has 6 nitrogen and oxygen atoms in total. The topological polar surface area (TPSA) is 56.1 Å². The molecule has 148 valence electrons. The van der Waals surface area contributed by atoms with E-state index < -0.39 is 0 Å². The molecule has 1 fully saturated rings. The van der Waals surface area contributed by atoms with Crippen molar-refractivity contribution in [1.29, 1.82) is 0 Å². The molecular formula is C20H24ClN5OS. The van der Waals surface area contributed by atoms with Crippen molar-refractivity contribution in [3.63, 3.8) is 0 Å². The summed E-state index contributed by atoms with van der Waals surface area (Å²) in [4.78, 5) is 6.89. The number of aryl methyl sites for hydroxylation is 2. The third kappa shape index (κ3) is 3.71. The van der Waals surface area contributed by atoms with E-state index in [4.69, 9.17) is 16.3 Å². The number of pyridine rings is 1. The normalized spacial score (nSPS) is 14.8. The molecule has 0 aliphatic carbocycles. The average Bonchev–Trinajstić information content (AvgIpc) is 3.13. The Hall–Kier alpha value is -1.83. The van der Waals surface area contributed by atoms with Gasteiger partial charge in [-0.05, 0) is 38.0 Å². The van der Waals surface area contributed by atoms with Crippen LogP contribution in [0.4, 0.5) is 5.95 Å². The third-order valence-electron chi connectivity index (χ3n) is 5.20. The van der Waals surface area contributed by atoms with Crippen molar-refractivity contribution in [2.45, 2.75) is 38.2 Å². The summed E-state index contributed by atoms with van der Waals surface area (Å²) in [5, 5.41) is 11.4. The Morgan fingerprint density at radius 2 is 1.96 bits per heavy atom. The van der Waals surface area contributed by atoms with Crippen LogP contribution in [0, 0.1) is 13.8 Å². The molecule has 0 bridgehead atoms. The van der Waals surface area contributed by atoms with Crippen LogP contribution < -0.4 is 4.90 Å². The Kier molecular flexibility index (Phi) is 5.75. The zero-order chi connectivity index (χ0) is 19.7. The summed E-state index contributed by atoms with van der Waals surface area (Å²) in [6.45, 7) is 10.3. The lowest BCUT2D eigenvalue weighted by atomic mass is 10.0. The van der Waals surface area contributed by atoms with Gasteiger partial charge in [0, 0.05) is 36.3 Å². The van der Waals surface area contributed by atoms with Gasteiger partial charge in [-0.25, -0.2) is 4.98 Å². The lowest BCUT2D eigenvalue weighted by molar-refractivity contribution is 0.121. The molecule has 0 N–H and O–H groups in total. The lowest BCUT2D eigenvalue weighted by Gasteiger charge is -2.27. The zero-order valence-corrected chi connectivity index (χ0v) is 18.0. The number of aromatic nitrogens is 4. The van der Waals surface area contributed by atoms with Crippen LogP contribution in [0.1, 0.15) is 23.6 Å². The summed E-state index contributed by atoms with van der Waals surface area (Å²) >= 11 is 8.15. The summed E-state index contributed by atoms with van der Waals surface area (Å²) in [7, 11) is 0. The molecule has 28 heavy (non-hydrogen) atoms. The SMILES string of the molecule is CCn1c(SCc2cc3ccc(C)c(C)c3nc2Cl)nnc1N1CCOCC1. The number of anilines is 1. The van der Waals surface area contributed by atoms with Gasteiger partial charge in [-0.1, -0.05) is 35.5 Å². The largest absolute Gasteiger partial charge is 0.378 e. The van der Waals surface area contributed by atoms with Gasteiger partial charge in [-0.15, -0.1) is 10.2 Å². The molecule has 8 heteroatoms. The fourth-order valence-corrected chi connectivity index (χ4v) is 4.66. The zero-order valence-electron chi connectivity index (χ0n) is 16.4. The van der Waals surface area contributed by atoms with Crippen molar-refractivity contribution in [1.82, 2.24) is 19.7 Å². The first-order chi connectivity index (χ1) is 13.6. The minimum atomic E-state index is 0.560. The fraction of sp³-hybridized carbons (Fsp3) is 0.450. The van der Waals surface area contributed by atoms with Gasteiger partial charge in [-0.3, -0.25) is 4.57 Å². The van der Waals surface area contributed by atoms with E-state index in [1.165, 1.54) is 11.1 Å². The average molecular weight is 418 g/mol. The van der Waals surface area contributed by atoms with Crippen LogP contribution in [0.2, 0.25) is 5.15 Å². The molecule has 1 aliphatic rings. The van der Waals surface area contributed by atoms with Crippen molar-refractivity contribution in [2.75, 3.05) is 31.2 Å². The highest BCUT2D eigenvalue weighted by Crippen LogP contribution is 2.30. The van der Waals surface area contributed by atoms with Crippen molar-refractivity contribution in [2.24, 2.45) is 0 Å². The van der Waals surface area contributed by atoms with Crippen LogP contribution in [0.5, 0.6) is 0 Å². The van der Waals surface area contributed by atoms with Gasteiger partial charge < -0.3 is 9.64 Å². The number of hydrogen-bond acceptors (Lipinski definition) is 6. The second kappa shape index (κ2) is 8.27. The maximum absolute atomic E-state index is 6.50. The number of ether oxygens (including phenoxy) is 1. The van der Waals surface area contributed by atoms with Crippen molar-refractivity contribution < 1.29 is 4.74 Å². The molecule has 4 rings (SSSR count). The number of nitrogens with zero attached hydrogens (tertiary/aromatic N) is 5. The van der Waals surface area contributed by atoms with Gasteiger partial charge in [0.05, 0.1) is 18.7 Å². The molecule has 0 amide bonds. The Bertz CT molecular complexity index is 1000. The maximum atomic E-state index is 6.50. The standard InChI is InChI=1S/C20H24ClN5OS/c1-4-26-19(25-7-9-27-10-8-25)23-24-20(26)28-12-16-11-15-6-5-13(2)14(3)17(15)22-18(16)21/h5-6,11H,4,7-10,12H2,1-3H3. The summed E-state index contributed by atoms with van der Waals surface area (Å²) in [5.74, 6) is 1.62. The van der Waals surface area contributed by atoms with Crippen molar-refractivity contribution >= 4 is 40.2 Å². The predicted molar refractivity (Wildman–Crippen MR) is 115 cm³/mol. The Morgan fingerprint density at radius 1 is 1.18 bits per heavy atom. The minimum Gasteiger partial charge on any atom is -0.378 e. The molecule has 0 unspecified atom stereocenters. The van der Waals surface area contributed by atoms with Crippen molar-refractivity contribution in [3.05, 3.63) is 40.0 Å². The molecule has 1 aliphatic heterocycles. The quantitative estimate of drug-likeness (QED) is 0.457. The first kappa shape index (κ1) is 19.5. The van der Waals surface area contributed by atoms with Gasteiger partial charge >= 0.3 is 0 Å². The molecule has 0 radical (unpaired) electrons. The van der Waals surface area contributed by atoms with Gasteiger partial charge in [0.2, 0.25) is 5.95 Å². The van der Waals surface area contributed by atoms with Gasteiger partial charge in [0.25, 0.3) is 0 Å². The highest BCUT2D eigenvalue weighted by molar-refractivity contribution is 7.98. The summed E-state index contributed by atoms with van der Waals surface area (Å²) in [5.41, 5.74) is 4.40. The number of thioether (sulfide) groups is 1. The third-order valence-corrected chi connectivity index (χ3v) is 6.54. The Morgan fingerprint density at radius 3 is 2.71 bits per heavy atom. The van der Waals surface area contributed by atoms with E-state index in [9.17, 15) is 0 Å². The van der Waals surface area contributed by atoms with Crippen LogP contribution in [-0.2, 0) is 17.0 Å². The maximum Gasteiger partial charge on any atom is 0.228 e. The molecule has 3 aromatic rings. The van der Waals surface area contributed by atoms with Gasteiger partial charge in [-0.2, -0.15) is 0 Å². The second-order valence-electron chi connectivity index (χ2n) is 6.93. The molecular weight excluding hydrogens is 394 g/mol. The monoisotopic (exact) mass is 417 g/mol. The first-order valence-electron chi connectivity index (χ1n) is 9.52. The summed E-state index contributed by atoms with van der Waals surface area (Å²) < 4.78 is 7.60. The Balaban J connectivity index is 1.57. The van der Waals surface area contributed by atoms with Crippen LogP contribution in [-0.4, -0.2) is 46.1 Å². The van der Waals surface area contributed by atoms with E-state index in [1.807, 2.05) is 0 Å². The molecule has 0 saturated carbocycles. The van der Waals surface area contributed by atoms with E-state index >= 15 is 0 Å². The molecule has 2 aromatic heterocycles. The highest BCUT2D eigenvalue weighted by atomic mass is 35.5. The number of halogens is 1. The number of morpholine rings is 1. The smallest absolute Gasteiger partial charge is 0.228 e. The summed E-state index contributed by atoms with van der Waals surface area (Å²) in [6.07, 6.45) is 0. The van der Waals surface area contributed by atoms with Gasteiger partial charge in [0.1, 0.15) is 5.15 Å². The van der Waals surface area contributed by atoms with E-state index in [1.54, 1.807) is 11.8 Å². The number of fused-ring (bicyclic) bond motifs is 1. The minimum absolute atomic E-state index is 0.560. The predicted octanol–water partition coefficient (Wildman–Crippen LogP) is 4.25. The van der Waals surface area contributed by atoms with E-state index in [2.05, 4.69) is 63.6 Å². The first-order valence-corrected chi connectivity index (χ1v) is 10.9. The number of benzene rings is 1. The van der Waals surface area contributed by atoms with Crippen LogP contribution in [0.25, 0.3) is 10.9 Å². The molecule has 3 heterocycles. The van der Waals surface area contributed by atoms with Crippen LogP contribution in [0.3, 0.4) is 0 Å². The highest BCUT2D eigenvalue weighted by Gasteiger charge is 2.20. The van der Waals surface area contributed by atoms with E-state index in [0.717, 1.165) is 60.4 Å². The van der Waals surface area contributed by atoms with Crippen molar-refractivity contribution in [3.8, 4) is 0 Å².